The van der Waals surface area contributed by atoms with E-state index >= 15 is 0 Å². The molecule has 2 aromatic rings. The van der Waals surface area contributed by atoms with E-state index in [1.807, 2.05) is 26.1 Å². The van der Waals surface area contributed by atoms with Gasteiger partial charge in [-0.25, -0.2) is 0 Å². The SMILES string of the molecule is CC(C=c1sc(=C2SC(=S)N(CC(=O)O)C2=O)n(CC(=O)O)c1=O)CC=C1Sc2ccccc2N1C. The molecule has 1 unspecified atom stereocenters. The number of thiocarbonyl (C=S) groups is 1. The van der Waals surface area contributed by atoms with Gasteiger partial charge in [-0.15, -0.1) is 11.3 Å². The van der Waals surface area contributed by atoms with Crippen molar-refractivity contribution in [1.29, 1.82) is 0 Å². The molecule has 1 saturated heterocycles. The zero-order chi connectivity index (χ0) is 26.1. The van der Waals surface area contributed by atoms with E-state index < -0.39 is 36.5 Å². The predicted molar refractivity (Wildman–Crippen MR) is 145 cm³/mol. The number of allylic oxidation sites excluding steroid dienone is 1. The maximum Gasteiger partial charge on any atom is 0.323 e. The molecule has 4 rings (SSSR count). The first-order chi connectivity index (χ1) is 17.1. The number of nitrogens with zero attached hydrogens (tertiary/aromatic N) is 3. The lowest BCUT2D eigenvalue weighted by Crippen LogP contribution is -2.36. The molecular formula is C23H21N3O6S4. The smallest absolute Gasteiger partial charge is 0.323 e. The van der Waals surface area contributed by atoms with Crippen LogP contribution in [-0.4, -0.2) is 55.4 Å². The van der Waals surface area contributed by atoms with Gasteiger partial charge in [-0.05, 0) is 24.5 Å². The fourth-order valence-electron chi connectivity index (χ4n) is 3.69. The Hall–Kier alpha value is -2.87. The minimum absolute atomic E-state index is 0.0461. The molecule has 0 spiro atoms. The van der Waals surface area contributed by atoms with Crippen molar-refractivity contribution in [3.63, 3.8) is 0 Å². The van der Waals surface area contributed by atoms with Gasteiger partial charge in [0.2, 0.25) is 0 Å². The lowest BCUT2D eigenvalue weighted by atomic mass is 10.1. The highest BCUT2D eigenvalue weighted by molar-refractivity contribution is 8.30. The molecule has 2 aliphatic heterocycles. The van der Waals surface area contributed by atoms with Crippen molar-refractivity contribution < 1.29 is 24.6 Å². The highest BCUT2D eigenvalue weighted by Gasteiger charge is 2.35. The summed E-state index contributed by atoms with van der Waals surface area (Å²) < 4.78 is 1.56. The van der Waals surface area contributed by atoms with E-state index in [1.165, 1.54) is 4.90 Å². The van der Waals surface area contributed by atoms with Crippen molar-refractivity contribution in [2.75, 3.05) is 18.5 Å². The zero-order valence-corrected chi connectivity index (χ0v) is 22.4. The Kier molecular flexibility index (Phi) is 7.73. The molecule has 36 heavy (non-hydrogen) atoms. The number of fused-ring (bicyclic) bond motifs is 1. The number of anilines is 1. The molecule has 0 saturated carbocycles. The van der Waals surface area contributed by atoms with Gasteiger partial charge in [0, 0.05) is 11.9 Å². The Morgan fingerprint density at radius 1 is 1.11 bits per heavy atom. The second kappa shape index (κ2) is 10.6. The van der Waals surface area contributed by atoms with Crippen molar-refractivity contribution in [3.05, 3.63) is 54.9 Å². The molecule has 2 aliphatic rings. The second-order valence-corrected chi connectivity index (χ2v) is 11.8. The topological polar surface area (TPSA) is 120 Å². The average molecular weight is 564 g/mol. The van der Waals surface area contributed by atoms with E-state index in [0.717, 1.165) is 43.3 Å². The molecule has 0 radical (unpaired) electrons. The van der Waals surface area contributed by atoms with E-state index in [-0.39, 0.29) is 19.8 Å². The van der Waals surface area contributed by atoms with Crippen LogP contribution < -0.4 is 19.7 Å². The minimum Gasteiger partial charge on any atom is -0.480 e. The van der Waals surface area contributed by atoms with Gasteiger partial charge in [0.15, 0.2) is 0 Å². The molecule has 1 fully saturated rings. The van der Waals surface area contributed by atoms with E-state index in [2.05, 4.69) is 23.1 Å². The fraction of sp³-hybridized carbons (Fsp3) is 0.261. The average Bonchev–Trinajstić information content (AvgIpc) is 3.40. The first-order valence-corrected chi connectivity index (χ1v) is 13.6. The number of para-hydroxylation sites is 1. The van der Waals surface area contributed by atoms with Crippen LogP contribution in [0.25, 0.3) is 11.0 Å². The van der Waals surface area contributed by atoms with Crippen LogP contribution in [0.4, 0.5) is 5.69 Å². The first kappa shape index (κ1) is 26.2. The quantitative estimate of drug-likeness (QED) is 0.484. The lowest BCUT2D eigenvalue weighted by Gasteiger charge is -2.13. The van der Waals surface area contributed by atoms with Gasteiger partial charge >= 0.3 is 11.9 Å². The number of hydrogen-bond acceptors (Lipinski definition) is 9. The number of carbonyl (C=O) groups excluding carboxylic acids is 1. The van der Waals surface area contributed by atoms with Crippen LogP contribution in [0.1, 0.15) is 13.3 Å². The maximum absolute atomic E-state index is 13.1. The molecule has 3 heterocycles. The molecular weight excluding hydrogens is 543 g/mol. The van der Waals surface area contributed by atoms with Gasteiger partial charge in [0.05, 0.1) is 15.2 Å². The lowest BCUT2D eigenvalue weighted by molar-refractivity contribution is -0.140. The number of rotatable bonds is 7. The third-order valence-corrected chi connectivity index (χ3v) is 9.34. The summed E-state index contributed by atoms with van der Waals surface area (Å²) in [5.41, 5.74) is 0.621. The van der Waals surface area contributed by atoms with Crippen molar-refractivity contribution in [2.45, 2.75) is 24.8 Å². The zero-order valence-electron chi connectivity index (χ0n) is 19.2. The molecule has 1 aromatic carbocycles. The van der Waals surface area contributed by atoms with Gasteiger partial charge in [-0.2, -0.15) is 0 Å². The number of aliphatic carboxylic acids is 2. The Morgan fingerprint density at radius 2 is 1.81 bits per heavy atom. The van der Waals surface area contributed by atoms with Crippen LogP contribution >= 0.6 is 47.1 Å². The number of carboxylic acids is 2. The van der Waals surface area contributed by atoms with Crippen molar-refractivity contribution >= 4 is 85.9 Å². The summed E-state index contributed by atoms with van der Waals surface area (Å²) in [6.45, 7) is 0.722. The molecule has 1 aromatic heterocycles. The summed E-state index contributed by atoms with van der Waals surface area (Å²) in [7, 11) is 2.00. The van der Waals surface area contributed by atoms with Crippen LogP contribution in [-0.2, 0) is 20.9 Å². The number of amides is 1. The van der Waals surface area contributed by atoms with Crippen molar-refractivity contribution in [1.82, 2.24) is 9.47 Å². The molecule has 188 valence electrons. The summed E-state index contributed by atoms with van der Waals surface area (Å²) in [5, 5.41) is 19.5. The second-order valence-electron chi connectivity index (χ2n) is 8.09. The van der Waals surface area contributed by atoms with Crippen LogP contribution in [0.3, 0.4) is 0 Å². The predicted octanol–water partition coefficient (Wildman–Crippen LogP) is 1.94. The van der Waals surface area contributed by atoms with Crippen LogP contribution in [0.5, 0.6) is 0 Å². The largest absolute Gasteiger partial charge is 0.480 e. The number of benzene rings is 1. The number of aromatic nitrogens is 1. The van der Waals surface area contributed by atoms with Crippen molar-refractivity contribution in [2.24, 2.45) is 5.92 Å². The number of carbonyl (C=O) groups is 3. The summed E-state index contributed by atoms with van der Waals surface area (Å²) >= 11 is 8.69. The fourth-order valence-corrected chi connectivity index (χ4v) is 7.41. The monoisotopic (exact) mass is 563 g/mol. The van der Waals surface area contributed by atoms with E-state index in [4.69, 9.17) is 17.3 Å². The van der Waals surface area contributed by atoms with Crippen LogP contribution in [0.15, 0.2) is 45.1 Å². The minimum atomic E-state index is -1.23. The third-order valence-electron chi connectivity index (χ3n) is 5.41. The Morgan fingerprint density at radius 3 is 2.47 bits per heavy atom. The van der Waals surface area contributed by atoms with Crippen molar-refractivity contribution in [3.8, 4) is 0 Å². The first-order valence-electron chi connectivity index (χ1n) is 10.7. The highest BCUT2D eigenvalue weighted by Crippen LogP contribution is 2.44. The number of carboxylic acid groups (broad SMARTS) is 2. The Labute approximate surface area is 223 Å². The van der Waals surface area contributed by atoms with E-state index in [1.54, 1.807) is 17.8 Å². The standard InChI is InChI=1S/C23H21N3O6S4/c1-12(7-8-16-24(2)13-5-3-4-6-14(13)34-16)9-15-20(31)25(10-17(27)28)22(35-15)19-21(32)26(11-18(29)30)23(33)36-19/h3-6,8-9,12H,7,10-11H2,1-2H3,(H,27,28)(H,29,30). The molecule has 13 heteroatoms. The van der Waals surface area contributed by atoms with Crippen LogP contribution in [0, 0.1) is 5.92 Å². The molecule has 0 aliphatic carbocycles. The molecule has 1 atom stereocenters. The maximum atomic E-state index is 13.1. The molecule has 0 bridgehead atoms. The Bertz CT molecular complexity index is 1490. The summed E-state index contributed by atoms with van der Waals surface area (Å²) in [4.78, 5) is 52.8. The van der Waals surface area contributed by atoms with Gasteiger partial charge in [-0.3, -0.25) is 28.6 Å². The van der Waals surface area contributed by atoms with Gasteiger partial charge in [0.25, 0.3) is 11.5 Å². The summed E-state index contributed by atoms with van der Waals surface area (Å²) in [5.74, 6) is -3.16. The summed E-state index contributed by atoms with van der Waals surface area (Å²) in [6, 6.07) is 8.10. The molecule has 9 nitrogen and oxygen atoms in total. The number of thioether (sulfide) groups is 2. The highest BCUT2D eigenvalue weighted by atomic mass is 32.2. The third kappa shape index (κ3) is 5.28. The molecule has 1 amide bonds. The number of hydrogen-bond donors (Lipinski definition) is 2. The van der Waals surface area contributed by atoms with E-state index in [9.17, 15) is 24.3 Å². The summed E-state index contributed by atoms with van der Waals surface area (Å²) in [6.07, 6.45) is 4.52. The number of thiazole rings is 1. The van der Waals surface area contributed by atoms with E-state index in [0.29, 0.717) is 11.0 Å². The van der Waals surface area contributed by atoms with Gasteiger partial charge in [0.1, 0.15) is 27.0 Å². The van der Waals surface area contributed by atoms with Gasteiger partial charge < -0.3 is 15.1 Å². The Balaban J connectivity index is 1.67. The normalized spacial score (nSPS) is 19.4. The molecule has 2 N–H and O–H groups in total. The van der Waals surface area contributed by atoms with Crippen LogP contribution in [0.2, 0.25) is 0 Å². The van der Waals surface area contributed by atoms with Gasteiger partial charge in [-0.1, -0.05) is 67.0 Å².